The average Bonchev–Trinajstić information content (AvgIpc) is 3.02. The fourth-order valence-electron chi connectivity index (χ4n) is 1.89. The first kappa shape index (κ1) is 16.9. The van der Waals surface area contributed by atoms with Crippen molar-refractivity contribution in [2.75, 3.05) is 0 Å². The van der Waals surface area contributed by atoms with Crippen LogP contribution in [0.3, 0.4) is 0 Å². The molecule has 9 heteroatoms. The lowest BCUT2D eigenvalue weighted by atomic mass is 10.2. The first-order valence-electron chi connectivity index (χ1n) is 6.90. The summed E-state index contributed by atoms with van der Waals surface area (Å²) in [6.45, 7) is 5.11. The number of alkyl carbamates (subject to hydrolysis) is 1. The zero-order chi connectivity index (χ0) is 17.0. The Labute approximate surface area is 137 Å². The number of ether oxygens (including phenoxy) is 1. The van der Waals surface area contributed by atoms with Crippen molar-refractivity contribution in [3.63, 3.8) is 0 Å². The summed E-state index contributed by atoms with van der Waals surface area (Å²) < 4.78 is 6.47. The number of nitrogens with one attached hydrogen (secondary N) is 1. The number of carboxylic acid groups (broad SMARTS) is 1. The minimum absolute atomic E-state index is 0.0969. The second-order valence-electron chi connectivity index (χ2n) is 5.80. The van der Waals surface area contributed by atoms with Crippen LogP contribution in [0.4, 0.5) is 4.79 Å². The van der Waals surface area contributed by atoms with Crippen LogP contribution in [-0.4, -0.2) is 37.8 Å². The molecule has 0 aliphatic rings. The Morgan fingerprint density at radius 3 is 2.74 bits per heavy atom. The second kappa shape index (κ2) is 6.78. The lowest BCUT2D eigenvalue weighted by molar-refractivity contribution is -0.137. The van der Waals surface area contributed by atoms with Crippen LogP contribution in [0.15, 0.2) is 16.8 Å². The number of hydrogen-bond acceptors (Lipinski definition) is 6. The Bertz CT molecular complexity index is 688. The minimum atomic E-state index is -1.02. The van der Waals surface area contributed by atoms with E-state index >= 15 is 0 Å². The van der Waals surface area contributed by atoms with Crippen LogP contribution in [-0.2, 0) is 22.6 Å². The van der Waals surface area contributed by atoms with Crippen LogP contribution in [0.5, 0.6) is 0 Å². The molecule has 2 rings (SSSR count). The summed E-state index contributed by atoms with van der Waals surface area (Å²) in [5.41, 5.74) is 1.27. The van der Waals surface area contributed by atoms with E-state index in [1.54, 1.807) is 20.8 Å². The lowest BCUT2D eigenvalue weighted by Gasteiger charge is -2.19. The molecular formula is C14H18N4O4S. The van der Waals surface area contributed by atoms with Crippen molar-refractivity contribution in [3.8, 4) is 11.3 Å². The van der Waals surface area contributed by atoms with E-state index in [4.69, 9.17) is 9.84 Å². The molecule has 1 amide bonds. The highest BCUT2D eigenvalue weighted by atomic mass is 32.1. The van der Waals surface area contributed by atoms with Crippen molar-refractivity contribution < 1.29 is 19.4 Å². The highest BCUT2D eigenvalue weighted by molar-refractivity contribution is 7.08. The smallest absolute Gasteiger partial charge is 0.407 e. The molecule has 8 nitrogen and oxygen atoms in total. The van der Waals surface area contributed by atoms with Crippen LogP contribution >= 0.6 is 11.3 Å². The van der Waals surface area contributed by atoms with E-state index in [-0.39, 0.29) is 13.1 Å². The van der Waals surface area contributed by atoms with Gasteiger partial charge in [0.15, 0.2) is 0 Å². The first-order valence-corrected chi connectivity index (χ1v) is 7.84. The standard InChI is InChI=1S/C14H18N4O4S/c1-14(2,3)22-13(21)15-6-10-12(9-4-5-23-8-9)18(17-16-10)7-11(19)20/h4-5,8H,6-7H2,1-3H3,(H,15,21)(H,19,20). The SMILES string of the molecule is CC(C)(C)OC(=O)NCc1nnn(CC(=O)O)c1-c1ccsc1. The molecule has 0 fully saturated rings. The average molecular weight is 338 g/mol. The normalized spacial score (nSPS) is 11.3. The lowest BCUT2D eigenvalue weighted by Crippen LogP contribution is -2.32. The Kier molecular flexibility index (Phi) is 4.99. The number of hydrogen-bond donors (Lipinski definition) is 2. The van der Waals surface area contributed by atoms with Gasteiger partial charge in [0.05, 0.1) is 12.2 Å². The molecule has 0 spiro atoms. The number of aromatic nitrogens is 3. The van der Waals surface area contributed by atoms with Gasteiger partial charge in [0.2, 0.25) is 0 Å². The maximum atomic E-state index is 11.7. The van der Waals surface area contributed by atoms with Gasteiger partial charge in [-0.3, -0.25) is 4.79 Å². The monoisotopic (exact) mass is 338 g/mol. The van der Waals surface area contributed by atoms with Crippen LogP contribution in [0.25, 0.3) is 11.3 Å². The highest BCUT2D eigenvalue weighted by Crippen LogP contribution is 2.24. The maximum absolute atomic E-state index is 11.7. The summed E-state index contributed by atoms with van der Waals surface area (Å²) in [6, 6.07) is 1.85. The van der Waals surface area contributed by atoms with E-state index in [1.165, 1.54) is 16.0 Å². The van der Waals surface area contributed by atoms with Crippen molar-refractivity contribution in [2.24, 2.45) is 0 Å². The molecule has 2 aromatic rings. The van der Waals surface area contributed by atoms with Crippen molar-refractivity contribution in [1.82, 2.24) is 20.3 Å². The molecule has 124 valence electrons. The molecule has 0 aliphatic heterocycles. The Morgan fingerprint density at radius 2 is 2.17 bits per heavy atom. The van der Waals surface area contributed by atoms with Gasteiger partial charge in [-0.25, -0.2) is 9.48 Å². The number of nitrogens with zero attached hydrogens (tertiary/aromatic N) is 3. The molecule has 2 N–H and O–H groups in total. The second-order valence-corrected chi connectivity index (χ2v) is 6.58. The molecule has 0 saturated carbocycles. The van der Waals surface area contributed by atoms with Gasteiger partial charge in [-0.1, -0.05) is 5.21 Å². The summed E-state index contributed by atoms with van der Waals surface area (Å²) in [7, 11) is 0. The van der Waals surface area contributed by atoms with Crippen molar-refractivity contribution in [3.05, 3.63) is 22.5 Å². The third kappa shape index (κ3) is 4.78. The molecule has 23 heavy (non-hydrogen) atoms. The van der Waals surface area contributed by atoms with E-state index in [0.29, 0.717) is 11.4 Å². The predicted octanol–water partition coefficient (Wildman–Crippen LogP) is 2.12. The maximum Gasteiger partial charge on any atom is 0.407 e. The van der Waals surface area contributed by atoms with E-state index in [1.807, 2.05) is 16.8 Å². The molecule has 2 heterocycles. The van der Waals surface area contributed by atoms with Crippen molar-refractivity contribution in [1.29, 1.82) is 0 Å². The summed E-state index contributed by atoms with van der Waals surface area (Å²) >= 11 is 1.48. The molecule has 0 saturated heterocycles. The van der Waals surface area contributed by atoms with Crippen molar-refractivity contribution in [2.45, 2.75) is 39.5 Å². The zero-order valence-corrected chi connectivity index (χ0v) is 13.9. The Hall–Kier alpha value is -2.42. The zero-order valence-electron chi connectivity index (χ0n) is 13.1. The van der Waals surface area contributed by atoms with Gasteiger partial charge in [-0.2, -0.15) is 11.3 Å². The molecule has 0 atom stereocenters. The molecule has 2 aromatic heterocycles. The molecule has 0 radical (unpaired) electrons. The number of thiophene rings is 1. The topological polar surface area (TPSA) is 106 Å². The van der Waals surface area contributed by atoms with Gasteiger partial charge in [-0.15, -0.1) is 5.10 Å². The van der Waals surface area contributed by atoms with Crippen LogP contribution in [0.2, 0.25) is 0 Å². The molecular weight excluding hydrogens is 320 g/mol. The van der Waals surface area contributed by atoms with Crippen LogP contribution in [0, 0.1) is 0 Å². The van der Waals surface area contributed by atoms with E-state index < -0.39 is 17.7 Å². The largest absolute Gasteiger partial charge is 0.480 e. The number of carbonyl (C=O) groups excluding carboxylic acids is 1. The third-order valence-electron chi connectivity index (χ3n) is 2.68. The summed E-state index contributed by atoms with van der Waals surface area (Å²) in [5.74, 6) is -1.02. The molecule has 0 aliphatic carbocycles. The third-order valence-corrected chi connectivity index (χ3v) is 3.37. The van der Waals surface area contributed by atoms with Gasteiger partial charge in [0.1, 0.15) is 17.8 Å². The van der Waals surface area contributed by atoms with Crippen LogP contribution in [0.1, 0.15) is 26.5 Å². The molecule has 0 unspecified atom stereocenters. The quantitative estimate of drug-likeness (QED) is 0.865. The Morgan fingerprint density at radius 1 is 1.43 bits per heavy atom. The van der Waals surface area contributed by atoms with Gasteiger partial charge in [0.25, 0.3) is 0 Å². The number of carbonyl (C=O) groups is 2. The van der Waals surface area contributed by atoms with Crippen LogP contribution < -0.4 is 5.32 Å². The number of carboxylic acids is 1. The Balaban J connectivity index is 2.17. The predicted molar refractivity (Wildman–Crippen MR) is 84.0 cm³/mol. The summed E-state index contributed by atoms with van der Waals surface area (Å²) in [6.07, 6.45) is -0.568. The van der Waals surface area contributed by atoms with E-state index in [2.05, 4.69) is 15.6 Å². The van der Waals surface area contributed by atoms with Gasteiger partial charge in [0, 0.05) is 10.9 Å². The van der Waals surface area contributed by atoms with Gasteiger partial charge >= 0.3 is 12.1 Å². The van der Waals surface area contributed by atoms with E-state index in [0.717, 1.165) is 5.56 Å². The number of rotatable bonds is 5. The van der Waals surface area contributed by atoms with Gasteiger partial charge < -0.3 is 15.2 Å². The first-order chi connectivity index (χ1) is 10.8. The van der Waals surface area contributed by atoms with Crippen molar-refractivity contribution >= 4 is 23.4 Å². The number of amides is 1. The fourth-order valence-corrected chi connectivity index (χ4v) is 2.53. The summed E-state index contributed by atoms with van der Waals surface area (Å²) in [5, 5.41) is 23.2. The summed E-state index contributed by atoms with van der Waals surface area (Å²) in [4.78, 5) is 22.7. The molecule has 0 bridgehead atoms. The minimum Gasteiger partial charge on any atom is -0.480 e. The highest BCUT2D eigenvalue weighted by Gasteiger charge is 2.20. The number of aliphatic carboxylic acids is 1. The van der Waals surface area contributed by atoms with E-state index in [9.17, 15) is 9.59 Å². The molecule has 0 aromatic carbocycles. The fraction of sp³-hybridized carbons (Fsp3) is 0.429. The van der Waals surface area contributed by atoms with Gasteiger partial charge in [-0.05, 0) is 32.2 Å².